The van der Waals surface area contributed by atoms with Gasteiger partial charge in [0.2, 0.25) is 0 Å². The van der Waals surface area contributed by atoms with E-state index in [0.717, 1.165) is 0 Å². The predicted molar refractivity (Wildman–Crippen MR) is 52.0 cm³/mol. The molecule has 5 heteroatoms. The highest BCUT2D eigenvalue weighted by molar-refractivity contribution is 7.17. The van der Waals surface area contributed by atoms with Crippen LogP contribution in [-0.4, -0.2) is 22.3 Å². The number of thiophene rings is 1. The topological polar surface area (TPSA) is 67.3 Å². The lowest BCUT2D eigenvalue weighted by Gasteiger charge is -1.92. The Kier molecular flexibility index (Phi) is 2.01. The van der Waals surface area contributed by atoms with Crippen LogP contribution in [-0.2, 0) is 0 Å². The summed E-state index contributed by atoms with van der Waals surface area (Å²) in [6, 6.07) is 1.63. The maximum absolute atomic E-state index is 10.7. The third kappa shape index (κ3) is 1.27. The first-order valence-electron chi connectivity index (χ1n) is 3.78. The van der Waals surface area contributed by atoms with Crippen molar-refractivity contribution < 1.29 is 14.7 Å². The Labute approximate surface area is 82.8 Å². The fourth-order valence-corrected chi connectivity index (χ4v) is 2.08. The molecule has 0 saturated carbocycles. The van der Waals surface area contributed by atoms with E-state index < -0.39 is 5.97 Å². The smallest absolute Gasteiger partial charge is 0.338 e. The van der Waals surface area contributed by atoms with Gasteiger partial charge in [0.05, 0.1) is 15.8 Å². The van der Waals surface area contributed by atoms with Gasteiger partial charge in [0.15, 0.2) is 6.29 Å². The molecular formula is C9H5NO3S. The van der Waals surface area contributed by atoms with E-state index in [2.05, 4.69) is 4.98 Å². The van der Waals surface area contributed by atoms with Crippen LogP contribution in [0.25, 0.3) is 10.2 Å². The molecule has 0 spiro atoms. The van der Waals surface area contributed by atoms with Gasteiger partial charge in [0.25, 0.3) is 0 Å². The highest BCUT2D eigenvalue weighted by Crippen LogP contribution is 2.24. The molecule has 70 valence electrons. The minimum atomic E-state index is -0.998. The molecule has 0 amide bonds. The number of carboxylic acid groups (broad SMARTS) is 1. The van der Waals surface area contributed by atoms with Gasteiger partial charge in [-0.3, -0.25) is 9.78 Å². The van der Waals surface area contributed by atoms with Crippen molar-refractivity contribution in [2.24, 2.45) is 0 Å². The molecule has 0 aliphatic carbocycles. The molecule has 0 fully saturated rings. The van der Waals surface area contributed by atoms with Crippen LogP contribution in [0.5, 0.6) is 0 Å². The van der Waals surface area contributed by atoms with Crippen molar-refractivity contribution in [3.63, 3.8) is 0 Å². The van der Waals surface area contributed by atoms with E-state index >= 15 is 0 Å². The Morgan fingerprint density at radius 1 is 1.57 bits per heavy atom. The fourth-order valence-electron chi connectivity index (χ4n) is 1.15. The molecule has 0 radical (unpaired) electrons. The number of fused-ring (bicyclic) bond motifs is 1. The van der Waals surface area contributed by atoms with Crippen LogP contribution >= 0.6 is 11.3 Å². The van der Waals surface area contributed by atoms with Gasteiger partial charge in [0, 0.05) is 17.1 Å². The van der Waals surface area contributed by atoms with Gasteiger partial charge in [0.1, 0.15) is 0 Å². The minimum Gasteiger partial charge on any atom is -0.478 e. The number of aldehydes is 1. The molecule has 2 aromatic heterocycles. The molecule has 0 bridgehead atoms. The van der Waals surface area contributed by atoms with Crippen LogP contribution in [0.15, 0.2) is 17.6 Å². The number of carbonyl (C=O) groups excluding carboxylic acids is 1. The summed E-state index contributed by atoms with van der Waals surface area (Å²) in [6.45, 7) is 0. The zero-order valence-corrected chi connectivity index (χ0v) is 7.75. The Balaban J connectivity index is 2.71. The summed E-state index contributed by atoms with van der Waals surface area (Å²) in [5.74, 6) is -0.998. The minimum absolute atomic E-state index is 0.183. The lowest BCUT2D eigenvalue weighted by molar-refractivity contribution is 0.0699. The first-order chi connectivity index (χ1) is 6.72. The maximum Gasteiger partial charge on any atom is 0.338 e. The van der Waals surface area contributed by atoms with Crippen LogP contribution in [0.1, 0.15) is 20.7 Å². The van der Waals surface area contributed by atoms with Gasteiger partial charge in [-0.2, -0.15) is 0 Å². The summed E-state index contributed by atoms with van der Waals surface area (Å²) in [5.41, 5.74) is 1.08. The van der Waals surface area contributed by atoms with Crippen molar-refractivity contribution in [3.8, 4) is 0 Å². The van der Waals surface area contributed by atoms with Gasteiger partial charge in [-0.25, -0.2) is 4.79 Å². The first kappa shape index (κ1) is 8.83. The highest BCUT2D eigenvalue weighted by atomic mass is 32.1. The molecule has 2 rings (SSSR count). The van der Waals surface area contributed by atoms with E-state index in [1.54, 1.807) is 6.07 Å². The lowest BCUT2D eigenvalue weighted by Crippen LogP contribution is -1.95. The van der Waals surface area contributed by atoms with Crippen molar-refractivity contribution in [2.75, 3.05) is 0 Å². The normalized spacial score (nSPS) is 10.3. The summed E-state index contributed by atoms with van der Waals surface area (Å²) < 4.78 is 0.715. The molecular weight excluding hydrogens is 202 g/mol. The Hall–Kier alpha value is -1.75. The van der Waals surface area contributed by atoms with Crippen molar-refractivity contribution in [3.05, 3.63) is 28.8 Å². The standard InChI is InChI=1S/C9H5NO3S/c11-3-5-1-7-8(10-2-5)6(4-14-7)9(12)13/h1-4H,(H,12,13). The van der Waals surface area contributed by atoms with Gasteiger partial charge >= 0.3 is 5.97 Å². The monoisotopic (exact) mass is 207 g/mol. The second-order valence-electron chi connectivity index (χ2n) is 2.69. The number of carboxylic acids is 1. The second-order valence-corrected chi connectivity index (χ2v) is 3.60. The number of carbonyl (C=O) groups is 2. The van der Waals surface area contributed by atoms with Crippen LogP contribution in [0.3, 0.4) is 0 Å². The highest BCUT2D eigenvalue weighted by Gasteiger charge is 2.11. The largest absolute Gasteiger partial charge is 0.478 e. The number of hydrogen-bond acceptors (Lipinski definition) is 4. The van der Waals surface area contributed by atoms with E-state index in [4.69, 9.17) is 5.11 Å². The van der Waals surface area contributed by atoms with Crippen LogP contribution < -0.4 is 0 Å². The first-order valence-corrected chi connectivity index (χ1v) is 4.66. The van der Waals surface area contributed by atoms with Crippen molar-refractivity contribution in [1.29, 1.82) is 0 Å². The molecule has 0 aromatic carbocycles. The second kappa shape index (κ2) is 3.19. The maximum atomic E-state index is 10.7. The third-order valence-corrected chi connectivity index (χ3v) is 2.72. The van der Waals surface area contributed by atoms with E-state index in [9.17, 15) is 9.59 Å². The molecule has 0 atom stereocenters. The fraction of sp³-hybridized carbons (Fsp3) is 0. The van der Waals surface area contributed by atoms with E-state index in [-0.39, 0.29) is 5.56 Å². The van der Waals surface area contributed by atoms with Crippen LogP contribution in [0.2, 0.25) is 0 Å². The molecule has 14 heavy (non-hydrogen) atoms. The van der Waals surface area contributed by atoms with Crippen molar-refractivity contribution >= 4 is 33.8 Å². The molecule has 4 nitrogen and oxygen atoms in total. The number of aromatic nitrogens is 1. The Bertz CT molecular complexity index is 518. The summed E-state index contributed by atoms with van der Waals surface area (Å²) in [7, 11) is 0. The van der Waals surface area contributed by atoms with Crippen LogP contribution in [0, 0.1) is 0 Å². The summed E-state index contributed by atoms with van der Waals surface area (Å²) in [6.07, 6.45) is 2.06. The Morgan fingerprint density at radius 2 is 2.36 bits per heavy atom. The van der Waals surface area contributed by atoms with Crippen molar-refractivity contribution in [2.45, 2.75) is 0 Å². The van der Waals surface area contributed by atoms with E-state index in [1.165, 1.54) is 22.9 Å². The quantitative estimate of drug-likeness (QED) is 0.762. The van der Waals surface area contributed by atoms with E-state index in [0.29, 0.717) is 22.1 Å². The lowest BCUT2D eigenvalue weighted by atomic mass is 10.2. The van der Waals surface area contributed by atoms with E-state index in [1.807, 2.05) is 0 Å². The zero-order valence-electron chi connectivity index (χ0n) is 6.93. The number of rotatable bonds is 2. The number of hydrogen-bond donors (Lipinski definition) is 1. The van der Waals surface area contributed by atoms with Gasteiger partial charge in [-0.05, 0) is 6.07 Å². The average Bonchev–Trinajstić information content (AvgIpc) is 2.59. The summed E-state index contributed by atoms with van der Waals surface area (Å²) in [4.78, 5) is 25.1. The van der Waals surface area contributed by atoms with Crippen molar-refractivity contribution in [1.82, 2.24) is 4.98 Å². The zero-order chi connectivity index (χ0) is 10.1. The molecule has 2 heterocycles. The molecule has 0 saturated heterocycles. The van der Waals surface area contributed by atoms with Crippen LogP contribution in [0.4, 0.5) is 0 Å². The average molecular weight is 207 g/mol. The molecule has 2 aromatic rings. The predicted octanol–water partition coefficient (Wildman–Crippen LogP) is 1.81. The molecule has 0 aliphatic rings. The molecule has 0 unspecified atom stereocenters. The Morgan fingerprint density at radius 3 is 3.00 bits per heavy atom. The molecule has 1 N–H and O–H groups in total. The number of nitrogens with zero attached hydrogens (tertiary/aromatic N) is 1. The van der Waals surface area contributed by atoms with Gasteiger partial charge < -0.3 is 5.11 Å². The van der Waals surface area contributed by atoms with Gasteiger partial charge in [-0.15, -0.1) is 11.3 Å². The van der Waals surface area contributed by atoms with Gasteiger partial charge in [-0.1, -0.05) is 0 Å². The third-order valence-electron chi connectivity index (χ3n) is 1.80. The molecule has 0 aliphatic heterocycles. The number of pyridine rings is 1. The summed E-state index contributed by atoms with van der Waals surface area (Å²) >= 11 is 1.27. The SMILES string of the molecule is O=Cc1cnc2c(C(=O)O)csc2c1. The summed E-state index contributed by atoms with van der Waals surface area (Å²) in [5, 5.41) is 10.3. The number of aromatic carboxylic acids is 1.